The molecule has 2 nitrogen and oxygen atoms in total. The predicted octanol–water partition coefficient (Wildman–Crippen LogP) is 3.39. The van der Waals surface area contributed by atoms with Crippen LogP contribution in [0.2, 0.25) is 5.02 Å². The van der Waals surface area contributed by atoms with Crippen LogP contribution in [0.4, 0.5) is 4.39 Å². The van der Waals surface area contributed by atoms with Crippen molar-refractivity contribution < 1.29 is 9.13 Å². The molecule has 0 saturated carbocycles. The van der Waals surface area contributed by atoms with Gasteiger partial charge in [-0.05, 0) is 44.9 Å². The largest absolute Gasteiger partial charge is 0.493 e. The summed E-state index contributed by atoms with van der Waals surface area (Å²) >= 11 is 6.07. The minimum absolute atomic E-state index is 0.249. The second kappa shape index (κ2) is 4.46. The van der Waals surface area contributed by atoms with Crippen LogP contribution in [0.15, 0.2) is 6.07 Å². The lowest BCUT2D eigenvalue weighted by Crippen LogP contribution is -2.34. The molecule has 0 spiro atoms. The first-order valence-corrected chi connectivity index (χ1v) is 6.15. The molecule has 17 heavy (non-hydrogen) atoms. The van der Waals surface area contributed by atoms with Gasteiger partial charge in [-0.3, -0.25) is 0 Å². The fourth-order valence-corrected chi connectivity index (χ4v) is 2.86. The van der Waals surface area contributed by atoms with Crippen molar-refractivity contribution in [2.75, 3.05) is 13.7 Å². The highest BCUT2D eigenvalue weighted by Crippen LogP contribution is 2.42. The van der Waals surface area contributed by atoms with E-state index in [2.05, 4.69) is 12.2 Å². The van der Waals surface area contributed by atoms with Gasteiger partial charge in [0.25, 0.3) is 0 Å². The highest BCUT2D eigenvalue weighted by molar-refractivity contribution is 6.31. The van der Waals surface area contributed by atoms with Crippen LogP contribution in [0.3, 0.4) is 0 Å². The smallest absolute Gasteiger partial charge is 0.166 e. The summed E-state index contributed by atoms with van der Waals surface area (Å²) in [7, 11) is 1.49. The maximum atomic E-state index is 13.9. The van der Waals surface area contributed by atoms with E-state index in [4.69, 9.17) is 16.3 Å². The minimum Gasteiger partial charge on any atom is -0.493 e. The Morgan fingerprint density at radius 3 is 2.76 bits per heavy atom. The van der Waals surface area contributed by atoms with E-state index < -0.39 is 5.82 Å². The van der Waals surface area contributed by atoms with Crippen molar-refractivity contribution in [1.82, 2.24) is 5.32 Å². The molecule has 0 aromatic heterocycles. The van der Waals surface area contributed by atoms with E-state index in [-0.39, 0.29) is 5.54 Å². The number of ether oxygens (including phenoxy) is 1. The number of hydrogen-bond donors (Lipinski definition) is 1. The molecule has 2 rings (SSSR count). The molecule has 0 aliphatic carbocycles. The maximum absolute atomic E-state index is 13.9. The molecule has 0 bridgehead atoms. The zero-order valence-electron chi connectivity index (χ0n) is 10.4. The molecule has 1 aliphatic rings. The van der Waals surface area contributed by atoms with E-state index >= 15 is 0 Å². The zero-order valence-corrected chi connectivity index (χ0v) is 11.1. The molecule has 1 unspecified atom stereocenters. The van der Waals surface area contributed by atoms with Crippen molar-refractivity contribution in [3.63, 3.8) is 0 Å². The van der Waals surface area contributed by atoms with Crippen molar-refractivity contribution in [1.29, 1.82) is 0 Å². The Morgan fingerprint density at radius 1 is 1.53 bits per heavy atom. The molecule has 1 fully saturated rings. The van der Waals surface area contributed by atoms with Gasteiger partial charge < -0.3 is 10.1 Å². The molecule has 1 atom stereocenters. The second-order valence-corrected chi connectivity index (χ2v) is 5.14. The topological polar surface area (TPSA) is 21.3 Å². The van der Waals surface area contributed by atoms with Crippen LogP contribution in [0.5, 0.6) is 5.75 Å². The monoisotopic (exact) mass is 257 g/mol. The van der Waals surface area contributed by atoms with E-state index in [0.29, 0.717) is 10.8 Å². The fourth-order valence-electron chi connectivity index (χ4n) is 2.67. The standard InChI is InChI=1S/C13H17ClFNO/c1-8-9(14)7-10(15)12(17-3)11(8)13(2)5-4-6-16-13/h7,16H,4-6H2,1-3H3. The summed E-state index contributed by atoms with van der Waals surface area (Å²) in [5.74, 6) is -0.0863. The van der Waals surface area contributed by atoms with Crippen LogP contribution < -0.4 is 10.1 Å². The Hall–Kier alpha value is -0.800. The fraction of sp³-hybridized carbons (Fsp3) is 0.538. The summed E-state index contributed by atoms with van der Waals surface area (Å²) < 4.78 is 19.1. The van der Waals surface area contributed by atoms with Crippen LogP contribution in [0.25, 0.3) is 0 Å². The van der Waals surface area contributed by atoms with Gasteiger partial charge in [0.1, 0.15) is 0 Å². The molecule has 1 aliphatic heterocycles. The number of hydrogen-bond acceptors (Lipinski definition) is 2. The van der Waals surface area contributed by atoms with E-state index in [0.717, 1.165) is 30.5 Å². The van der Waals surface area contributed by atoms with Crippen LogP contribution in [-0.4, -0.2) is 13.7 Å². The van der Waals surface area contributed by atoms with Gasteiger partial charge in [-0.15, -0.1) is 0 Å². The number of benzene rings is 1. The Balaban J connectivity index is 2.65. The van der Waals surface area contributed by atoms with E-state index in [1.807, 2.05) is 6.92 Å². The van der Waals surface area contributed by atoms with E-state index in [1.165, 1.54) is 13.2 Å². The quantitative estimate of drug-likeness (QED) is 0.877. The van der Waals surface area contributed by atoms with Gasteiger partial charge >= 0.3 is 0 Å². The normalized spacial score (nSPS) is 24.1. The molecule has 94 valence electrons. The van der Waals surface area contributed by atoms with Gasteiger partial charge in [-0.25, -0.2) is 4.39 Å². The number of rotatable bonds is 2. The third-order valence-corrected chi connectivity index (χ3v) is 3.95. The Labute approximate surface area is 106 Å². The molecule has 1 heterocycles. The molecule has 1 saturated heterocycles. The van der Waals surface area contributed by atoms with E-state index in [1.54, 1.807) is 0 Å². The third-order valence-electron chi connectivity index (χ3n) is 3.56. The first kappa shape index (κ1) is 12.7. The van der Waals surface area contributed by atoms with Crippen molar-refractivity contribution >= 4 is 11.6 Å². The van der Waals surface area contributed by atoms with Gasteiger partial charge in [-0.2, -0.15) is 0 Å². The van der Waals surface area contributed by atoms with Crippen molar-refractivity contribution in [2.45, 2.75) is 32.2 Å². The van der Waals surface area contributed by atoms with Crippen LogP contribution >= 0.6 is 11.6 Å². The summed E-state index contributed by atoms with van der Waals surface area (Å²) in [6, 6.07) is 1.32. The Kier molecular flexibility index (Phi) is 3.32. The Bertz CT molecular complexity index is 442. The van der Waals surface area contributed by atoms with Crippen LogP contribution in [0, 0.1) is 12.7 Å². The lowest BCUT2D eigenvalue weighted by Gasteiger charge is -2.29. The Morgan fingerprint density at radius 2 is 2.24 bits per heavy atom. The summed E-state index contributed by atoms with van der Waals surface area (Å²) in [4.78, 5) is 0. The second-order valence-electron chi connectivity index (χ2n) is 4.74. The van der Waals surface area contributed by atoms with Gasteiger partial charge in [0.05, 0.1) is 7.11 Å². The molecule has 0 amide bonds. The maximum Gasteiger partial charge on any atom is 0.166 e. The highest BCUT2D eigenvalue weighted by Gasteiger charge is 2.36. The van der Waals surface area contributed by atoms with Gasteiger partial charge in [0.2, 0.25) is 0 Å². The van der Waals surface area contributed by atoms with Gasteiger partial charge in [0, 0.05) is 16.1 Å². The van der Waals surface area contributed by atoms with Crippen molar-refractivity contribution in [3.8, 4) is 5.75 Å². The molecule has 1 N–H and O–H groups in total. The van der Waals surface area contributed by atoms with Crippen molar-refractivity contribution in [2.24, 2.45) is 0 Å². The average molecular weight is 258 g/mol. The van der Waals surface area contributed by atoms with Gasteiger partial charge in [-0.1, -0.05) is 11.6 Å². The number of nitrogens with one attached hydrogen (secondary N) is 1. The molecule has 4 heteroatoms. The van der Waals surface area contributed by atoms with Gasteiger partial charge in [0.15, 0.2) is 11.6 Å². The third kappa shape index (κ3) is 2.02. The number of methoxy groups -OCH3 is 1. The summed E-state index contributed by atoms with van der Waals surface area (Å²) in [6.45, 7) is 4.92. The zero-order chi connectivity index (χ0) is 12.6. The summed E-state index contributed by atoms with van der Waals surface area (Å²) in [6.07, 6.45) is 2.04. The average Bonchev–Trinajstić information content (AvgIpc) is 2.71. The molecule has 1 aromatic carbocycles. The molecular weight excluding hydrogens is 241 g/mol. The lowest BCUT2D eigenvalue weighted by atomic mass is 9.86. The van der Waals surface area contributed by atoms with Crippen LogP contribution in [-0.2, 0) is 5.54 Å². The number of halogens is 2. The molecular formula is C13H17ClFNO. The summed E-state index contributed by atoms with van der Waals surface area (Å²) in [5.41, 5.74) is 1.49. The predicted molar refractivity (Wildman–Crippen MR) is 67.3 cm³/mol. The highest BCUT2D eigenvalue weighted by atomic mass is 35.5. The van der Waals surface area contributed by atoms with E-state index in [9.17, 15) is 4.39 Å². The first-order valence-electron chi connectivity index (χ1n) is 5.77. The minimum atomic E-state index is -0.395. The lowest BCUT2D eigenvalue weighted by molar-refractivity contribution is 0.349. The van der Waals surface area contributed by atoms with Crippen molar-refractivity contribution in [3.05, 3.63) is 28.0 Å². The first-order chi connectivity index (χ1) is 7.99. The van der Waals surface area contributed by atoms with Crippen LogP contribution in [0.1, 0.15) is 30.9 Å². The molecule has 0 radical (unpaired) electrons. The summed E-state index contributed by atoms with van der Waals surface area (Å²) in [5, 5.41) is 3.87. The molecule has 1 aromatic rings. The SMILES string of the molecule is COc1c(F)cc(Cl)c(C)c1C1(C)CCCN1.